The highest BCUT2D eigenvalue weighted by molar-refractivity contribution is 6.36. The molecule has 1 saturated heterocycles. The van der Waals surface area contributed by atoms with Crippen LogP contribution in [0.25, 0.3) is 11.0 Å². The molecular formula is C20H24ClF2N3O2. The molecule has 4 rings (SSSR count). The van der Waals surface area contributed by atoms with Gasteiger partial charge in [0.25, 0.3) is 5.91 Å². The number of halogens is 3. The van der Waals surface area contributed by atoms with Crippen LogP contribution in [-0.2, 0) is 11.3 Å². The van der Waals surface area contributed by atoms with Crippen LogP contribution in [-0.4, -0.2) is 41.1 Å². The number of nitrogens with one attached hydrogen (secondary N) is 1. The average Bonchev–Trinajstić information content (AvgIpc) is 3.28. The number of ether oxygens (including phenoxy) is 1. The molecule has 2 aliphatic rings. The summed E-state index contributed by atoms with van der Waals surface area (Å²) in [7, 11) is 0. The monoisotopic (exact) mass is 411 g/mol. The van der Waals surface area contributed by atoms with Gasteiger partial charge in [-0.3, -0.25) is 4.79 Å². The highest BCUT2D eigenvalue weighted by Gasteiger charge is 2.36. The lowest BCUT2D eigenvalue weighted by atomic mass is 9.86. The van der Waals surface area contributed by atoms with Crippen molar-refractivity contribution in [2.45, 2.75) is 44.6 Å². The van der Waals surface area contributed by atoms with E-state index < -0.39 is 5.92 Å². The number of rotatable bonds is 5. The van der Waals surface area contributed by atoms with Crippen molar-refractivity contribution in [3.8, 4) is 0 Å². The van der Waals surface area contributed by atoms with E-state index >= 15 is 0 Å². The van der Waals surface area contributed by atoms with Crippen molar-refractivity contribution in [1.82, 2.24) is 14.9 Å². The molecule has 0 bridgehead atoms. The van der Waals surface area contributed by atoms with Crippen molar-refractivity contribution in [2.75, 3.05) is 19.8 Å². The maximum Gasteiger partial charge on any atom is 0.253 e. The van der Waals surface area contributed by atoms with E-state index in [2.05, 4.69) is 10.3 Å². The lowest BCUT2D eigenvalue weighted by Gasteiger charge is -2.28. The number of fused-ring (bicyclic) bond motifs is 1. The van der Waals surface area contributed by atoms with Crippen LogP contribution in [0.4, 0.5) is 8.78 Å². The van der Waals surface area contributed by atoms with Gasteiger partial charge in [-0.2, -0.15) is 0 Å². The van der Waals surface area contributed by atoms with Gasteiger partial charge < -0.3 is 14.6 Å². The van der Waals surface area contributed by atoms with Gasteiger partial charge in [-0.25, -0.2) is 13.8 Å². The summed E-state index contributed by atoms with van der Waals surface area (Å²) in [6.45, 7) is 2.39. The smallest absolute Gasteiger partial charge is 0.253 e. The van der Waals surface area contributed by atoms with Gasteiger partial charge in [0.05, 0.1) is 22.6 Å². The Balaban J connectivity index is 1.53. The first-order valence-corrected chi connectivity index (χ1v) is 10.2. The maximum absolute atomic E-state index is 13.6. The summed E-state index contributed by atoms with van der Waals surface area (Å²) >= 11 is 6.37. The third-order valence-corrected chi connectivity index (χ3v) is 6.04. The fourth-order valence-electron chi connectivity index (χ4n) is 4.28. The topological polar surface area (TPSA) is 56.2 Å². The number of nitrogens with zero attached hydrogens (tertiary/aromatic N) is 2. The first kappa shape index (κ1) is 19.6. The minimum absolute atomic E-state index is 0.0584. The number of aromatic nitrogens is 2. The summed E-state index contributed by atoms with van der Waals surface area (Å²) in [6.07, 6.45) is 5.34. The van der Waals surface area contributed by atoms with E-state index in [-0.39, 0.29) is 31.2 Å². The molecule has 1 aliphatic carbocycles. The normalized spacial score (nSPS) is 24.5. The van der Waals surface area contributed by atoms with E-state index in [9.17, 15) is 13.6 Å². The van der Waals surface area contributed by atoms with Gasteiger partial charge in [0.15, 0.2) is 0 Å². The molecule has 5 nitrogen and oxygen atoms in total. The summed E-state index contributed by atoms with van der Waals surface area (Å²) in [5, 5.41) is 3.90. The number of carbonyl (C=O) groups is 1. The van der Waals surface area contributed by atoms with Gasteiger partial charge in [0, 0.05) is 50.8 Å². The standard InChI is InChI=1S/C20H24ClF2N3O2/c21-16-3-6-24-18-17(16)15(11-26(18)10-14-4-7-28-12-14)19(27)25-9-13-2-1-5-20(22,23)8-13/h3,6,11,13-14H,1-2,4-5,7-10,12H2,(H,25,27). The fraction of sp³-hybridized carbons (Fsp3) is 0.600. The lowest BCUT2D eigenvalue weighted by Crippen LogP contribution is -2.35. The van der Waals surface area contributed by atoms with Crippen LogP contribution in [0, 0.1) is 11.8 Å². The van der Waals surface area contributed by atoms with Crippen molar-refractivity contribution >= 4 is 28.5 Å². The molecule has 1 saturated carbocycles. The van der Waals surface area contributed by atoms with Crippen LogP contribution in [0.5, 0.6) is 0 Å². The molecule has 152 valence electrons. The van der Waals surface area contributed by atoms with Crippen LogP contribution >= 0.6 is 11.6 Å². The second-order valence-electron chi connectivity index (χ2n) is 7.94. The second-order valence-corrected chi connectivity index (χ2v) is 8.35. The Morgan fingerprint density at radius 1 is 1.39 bits per heavy atom. The predicted octanol–water partition coefficient (Wildman–Crippen LogP) is 4.28. The van der Waals surface area contributed by atoms with Crippen LogP contribution in [0.15, 0.2) is 18.5 Å². The number of hydrogen-bond acceptors (Lipinski definition) is 3. The maximum atomic E-state index is 13.6. The molecule has 2 fully saturated rings. The Bertz CT molecular complexity index is 864. The Hall–Kier alpha value is -1.73. The molecule has 3 heterocycles. The molecule has 0 radical (unpaired) electrons. The van der Waals surface area contributed by atoms with Crippen LogP contribution in [0.1, 0.15) is 42.5 Å². The molecule has 2 unspecified atom stereocenters. The molecule has 2 aromatic heterocycles. The van der Waals surface area contributed by atoms with E-state index in [1.165, 1.54) is 0 Å². The highest BCUT2D eigenvalue weighted by atomic mass is 35.5. The Morgan fingerprint density at radius 2 is 2.25 bits per heavy atom. The molecular weight excluding hydrogens is 388 g/mol. The molecule has 2 aromatic rings. The van der Waals surface area contributed by atoms with Gasteiger partial charge in [-0.1, -0.05) is 11.6 Å². The summed E-state index contributed by atoms with van der Waals surface area (Å²) in [5.41, 5.74) is 1.10. The first-order valence-electron chi connectivity index (χ1n) is 9.80. The van der Waals surface area contributed by atoms with Gasteiger partial charge in [-0.05, 0) is 31.2 Å². The summed E-state index contributed by atoms with van der Waals surface area (Å²) < 4.78 is 34.6. The van der Waals surface area contributed by atoms with Crippen molar-refractivity contribution in [3.63, 3.8) is 0 Å². The molecule has 8 heteroatoms. The quantitative estimate of drug-likeness (QED) is 0.798. The summed E-state index contributed by atoms with van der Waals surface area (Å²) in [6, 6.07) is 1.66. The zero-order chi connectivity index (χ0) is 19.7. The third kappa shape index (κ3) is 4.15. The van der Waals surface area contributed by atoms with E-state index in [0.717, 1.165) is 13.0 Å². The molecule has 1 N–H and O–H groups in total. The molecule has 0 spiro atoms. The highest BCUT2D eigenvalue weighted by Crippen LogP contribution is 2.36. The van der Waals surface area contributed by atoms with Gasteiger partial charge in [-0.15, -0.1) is 0 Å². The van der Waals surface area contributed by atoms with Crippen LogP contribution < -0.4 is 5.32 Å². The number of carbonyl (C=O) groups excluding carboxylic acids is 1. The van der Waals surface area contributed by atoms with Crippen molar-refractivity contribution in [1.29, 1.82) is 0 Å². The summed E-state index contributed by atoms with van der Waals surface area (Å²) in [4.78, 5) is 17.3. The molecule has 0 aromatic carbocycles. The van der Waals surface area contributed by atoms with Gasteiger partial charge in [0.2, 0.25) is 5.92 Å². The largest absolute Gasteiger partial charge is 0.381 e. The van der Waals surface area contributed by atoms with E-state index in [0.29, 0.717) is 53.5 Å². The number of alkyl halides is 2. The Labute approximate surface area is 167 Å². The van der Waals surface area contributed by atoms with E-state index in [1.54, 1.807) is 18.5 Å². The minimum atomic E-state index is -2.62. The third-order valence-electron chi connectivity index (χ3n) is 5.72. The van der Waals surface area contributed by atoms with E-state index in [4.69, 9.17) is 16.3 Å². The summed E-state index contributed by atoms with van der Waals surface area (Å²) in [5.74, 6) is -2.75. The molecule has 28 heavy (non-hydrogen) atoms. The van der Waals surface area contributed by atoms with Gasteiger partial charge >= 0.3 is 0 Å². The average molecular weight is 412 g/mol. The van der Waals surface area contributed by atoms with Crippen molar-refractivity contribution < 1.29 is 18.3 Å². The zero-order valence-electron chi connectivity index (χ0n) is 15.6. The van der Waals surface area contributed by atoms with Gasteiger partial charge in [0.1, 0.15) is 5.65 Å². The molecule has 1 aliphatic heterocycles. The predicted molar refractivity (Wildman–Crippen MR) is 103 cm³/mol. The van der Waals surface area contributed by atoms with Crippen LogP contribution in [0.2, 0.25) is 5.02 Å². The number of pyridine rings is 1. The minimum Gasteiger partial charge on any atom is -0.381 e. The first-order chi connectivity index (χ1) is 13.4. The zero-order valence-corrected chi connectivity index (χ0v) is 16.4. The number of hydrogen-bond donors (Lipinski definition) is 1. The number of amides is 1. The van der Waals surface area contributed by atoms with E-state index in [1.807, 2.05) is 4.57 Å². The SMILES string of the molecule is O=C(NCC1CCCC(F)(F)C1)c1cn(CC2CCOC2)c2nccc(Cl)c12. The second kappa shape index (κ2) is 7.95. The van der Waals surface area contributed by atoms with Crippen molar-refractivity contribution in [2.24, 2.45) is 11.8 Å². The molecule has 1 amide bonds. The molecule has 2 atom stereocenters. The Morgan fingerprint density at radius 3 is 3.00 bits per heavy atom. The van der Waals surface area contributed by atoms with Crippen molar-refractivity contribution in [3.05, 3.63) is 29.0 Å². The van der Waals surface area contributed by atoms with Crippen LogP contribution in [0.3, 0.4) is 0 Å². The Kier molecular flexibility index (Phi) is 5.56. The lowest BCUT2D eigenvalue weighted by molar-refractivity contribution is -0.0518. The fourth-order valence-corrected chi connectivity index (χ4v) is 4.52.